The van der Waals surface area contributed by atoms with Gasteiger partial charge in [0.1, 0.15) is 11.6 Å². The minimum absolute atomic E-state index is 0.593. The largest absolute Gasteiger partial charge is 0.390 e. The van der Waals surface area contributed by atoms with Crippen LogP contribution in [0.4, 0.5) is 5.69 Å². The maximum absolute atomic E-state index is 10.8. The maximum Gasteiger partial charge on any atom is 0.137 e. The summed E-state index contributed by atoms with van der Waals surface area (Å²) in [5.41, 5.74) is 25.4. The molecule has 6 rings (SSSR count). The molecule has 0 aliphatic heterocycles. The van der Waals surface area contributed by atoms with Gasteiger partial charge in [-0.05, 0) is 147 Å². The topological polar surface area (TPSA) is 130 Å². The molecule has 0 saturated carbocycles. The minimum atomic E-state index is 0.593. The van der Waals surface area contributed by atoms with Crippen molar-refractivity contribution in [2.75, 3.05) is 11.9 Å². The second-order valence-corrected chi connectivity index (χ2v) is 13.6. The van der Waals surface area contributed by atoms with Crippen LogP contribution in [0.2, 0.25) is 0 Å². The van der Waals surface area contributed by atoms with Crippen LogP contribution in [0.5, 0.6) is 0 Å². The summed E-state index contributed by atoms with van der Waals surface area (Å²) in [5.74, 6) is 1.48. The summed E-state index contributed by atoms with van der Waals surface area (Å²) in [5, 5.41) is 12.4. The molecule has 3 aromatic carbocycles. The van der Waals surface area contributed by atoms with Gasteiger partial charge in [-0.2, -0.15) is 0 Å². The Balaban J connectivity index is 0.00000187. The molecular weight excluding hydrogens is 681 g/mol. The Labute approximate surface area is 324 Å². The standard InChI is InChI=1S/C45H46N6O.CH4N2/c1-9-20-50(44(46)22-30(5)10-2)42-27-37-34(25-36(42)32(7)13-11-12-21-49(8)48-52)14-15-35-26-40-39-24-33(29(3)4)16-17-41(39)51(43(40)28-38(35)37)45-23-31(6)18-19-47-45;2-1-3/h9-13,16-28H,3,7,14-15,46H2,1-2,4-6,8H3;1H,(H3,2,3)/b13-11+,20-9-,21-12-,30-10-,44-22+;. The van der Waals surface area contributed by atoms with Crippen LogP contribution in [-0.4, -0.2) is 27.9 Å². The van der Waals surface area contributed by atoms with Crippen molar-refractivity contribution in [1.29, 1.82) is 5.41 Å². The molecule has 0 spiro atoms. The van der Waals surface area contributed by atoms with E-state index in [-0.39, 0.29) is 0 Å². The van der Waals surface area contributed by atoms with Gasteiger partial charge in [-0.1, -0.05) is 54.7 Å². The number of hydrogen-bond acceptors (Lipinski definition) is 6. The van der Waals surface area contributed by atoms with Crippen molar-refractivity contribution >= 4 is 45.0 Å². The molecule has 0 amide bonds. The molecule has 2 heterocycles. The van der Waals surface area contributed by atoms with E-state index < -0.39 is 0 Å². The van der Waals surface area contributed by atoms with Gasteiger partial charge in [0.25, 0.3) is 0 Å². The Bertz CT molecular complexity index is 2460. The predicted molar refractivity (Wildman–Crippen MR) is 234 cm³/mol. The molecule has 9 heteroatoms. The van der Waals surface area contributed by atoms with E-state index in [0.717, 1.165) is 75.1 Å². The number of fused-ring (bicyclic) bond motifs is 6. The third-order valence-electron chi connectivity index (χ3n) is 9.64. The number of allylic oxidation sites excluding steroid dienone is 9. The van der Waals surface area contributed by atoms with Crippen LogP contribution in [0.15, 0.2) is 139 Å². The number of nitrogens with two attached hydrogens (primary N) is 2. The Kier molecular flexibility index (Phi) is 12.5. The van der Waals surface area contributed by atoms with Crippen molar-refractivity contribution in [3.63, 3.8) is 0 Å². The van der Waals surface area contributed by atoms with Crippen LogP contribution in [0.1, 0.15) is 55.5 Å². The van der Waals surface area contributed by atoms with Crippen molar-refractivity contribution in [2.45, 2.75) is 47.5 Å². The second kappa shape index (κ2) is 17.4. The first-order valence-electron chi connectivity index (χ1n) is 18.2. The first-order chi connectivity index (χ1) is 26.4. The number of nitrogens with zero attached hydrogens (tertiary/aromatic N) is 5. The Morgan fingerprint density at radius 3 is 2.29 bits per heavy atom. The van der Waals surface area contributed by atoms with Crippen LogP contribution in [-0.2, 0) is 12.8 Å². The van der Waals surface area contributed by atoms with E-state index in [1.54, 1.807) is 19.3 Å². The first-order valence-corrected chi connectivity index (χ1v) is 18.2. The smallest absolute Gasteiger partial charge is 0.137 e. The summed E-state index contributed by atoms with van der Waals surface area (Å²) in [6.45, 7) is 18.9. The van der Waals surface area contributed by atoms with Crippen LogP contribution in [0, 0.1) is 17.2 Å². The van der Waals surface area contributed by atoms with Gasteiger partial charge in [0.15, 0.2) is 0 Å². The quantitative estimate of drug-likeness (QED) is 0.0408. The van der Waals surface area contributed by atoms with Gasteiger partial charge < -0.3 is 16.4 Å². The van der Waals surface area contributed by atoms with Crippen LogP contribution >= 0.6 is 0 Å². The number of aromatic nitrogens is 2. The molecule has 0 bridgehead atoms. The highest BCUT2D eigenvalue weighted by Crippen LogP contribution is 2.44. The average Bonchev–Trinajstić information content (AvgIpc) is 3.49. The van der Waals surface area contributed by atoms with E-state index in [9.17, 15) is 4.91 Å². The number of benzene rings is 3. The van der Waals surface area contributed by atoms with Gasteiger partial charge in [0.2, 0.25) is 0 Å². The van der Waals surface area contributed by atoms with Crippen molar-refractivity contribution < 1.29 is 0 Å². The number of anilines is 1. The normalized spacial score (nSPS) is 12.8. The van der Waals surface area contributed by atoms with E-state index in [4.69, 9.17) is 16.1 Å². The average molecular weight is 731 g/mol. The van der Waals surface area contributed by atoms with Gasteiger partial charge in [0, 0.05) is 42.0 Å². The lowest BCUT2D eigenvalue weighted by atomic mass is 9.82. The van der Waals surface area contributed by atoms with E-state index >= 15 is 0 Å². The third-order valence-corrected chi connectivity index (χ3v) is 9.64. The first kappa shape index (κ1) is 39.5. The van der Waals surface area contributed by atoms with Gasteiger partial charge in [-0.25, -0.2) is 9.99 Å². The van der Waals surface area contributed by atoms with E-state index in [0.29, 0.717) is 5.82 Å². The molecule has 1 aliphatic carbocycles. The number of nitroso groups, excluding NO2 is 1. The highest BCUT2D eigenvalue weighted by Gasteiger charge is 2.25. The third kappa shape index (κ3) is 8.41. The Hall–Kier alpha value is -6.74. The summed E-state index contributed by atoms with van der Waals surface area (Å²) in [4.78, 5) is 17.7. The highest BCUT2D eigenvalue weighted by molar-refractivity contribution is 6.11. The molecule has 280 valence electrons. The van der Waals surface area contributed by atoms with E-state index in [2.05, 4.69) is 91.1 Å². The molecule has 0 radical (unpaired) electrons. The Morgan fingerprint density at radius 2 is 1.64 bits per heavy atom. The molecule has 0 saturated heterocycles. The zero-order valence-electron chi connectivity index (χ0n) is 32.6. The molecule has 0 atom stereocenters. The molecule has 9 nitrogen and oxygen atoms in total. The van der Waals surface area contributed by atoms with Gasteiger partial charge in [0.05, 0.1) is 28.3 Å². The number of pyridine rings is 1. The zero-order chi connectivity index (χ0) is 39.8. The van der Waals surface area contributed by atoms with Crippen LogP contribution in [0.25, 0.3) is 49.9 Å². The fraction of sp³-hybridized carbons (Fsp3) is 0.174. The predicted octanol–water partition coefficient (Wildman–Crippen LogP) is 10.6. The molecule has 0 fully saturated rings. The summed E-state index contributed by atoms with van der Waals surface area (Å²) in [7, 11) is 1.59. The van der Waals surface area contributed by atoms with E-state index in [1.807, 2.05) is 74.5 Å². The maximum atomic E-state index is 10.8. The lowest BCUT2D eigenvalue weighted by molar-refractivity contribution is 0.483. The van der Waals surface area contributed by atoms with Crippen molar-refractivity contribution in [3.05, 3.63) is 167 Å². The number of hydrogen-bond donors (Lipinski definition) is 3. The number of nitrogens with one attached hydrogen (secondary N) is 1. The fourth-order valence-corrected chi connectivity index (χ4v) is 6.84. The van der Waals surface area contributed by atoms with Gasteiger partial charge in [-0.15, -0.1) is 4.91 Å². The number of aryl methyl sites for hydroxylation is 3. The van der Waals surface area contributed by atoms with Crippen molar-refractivity contribution in [2.24, 2.45) is 16.8 Å². The summed E-state index contributed by atoms with van der Waals surface area (Å²) >= 11 is 0. The SMILES string of the molecule is C=C(C)c1ccc2c(c1)c1cc3c(cc1n2-c1cc(C)ccn1)-c1cc(N(/C=C\C)/C(N)=C/C(C)=C\C)c(C(=C)/C=C/C=C\N(C)N=O)cc1CC3.N=CN. The van der Waals surface area contributed by atoms with Crippen molar-refractivity contribution in [3.8, 4) is 16.9 Å². The zero-order valence-corrected chi connectivity index (χ0v) is 32.6. The summed E-state index contributed by atoms with van der Waals surface area (Å²) < 4.78 is 2.29. The molecule has 55 heavy (non-hydrogen) atoms. The lowest BCUT2D eigenvalue weighted by Crippen LogP contribution is -2.23. The van der Waals surface area contributed by atoms with Crippen LogP contribution in [0.3, 0.4) is 0 Å². The molecule has 0 unspecified atom stereocenters. The molecule has 5 N–H and O–H groups in total. The molecule has 5 aromatic rings. The molecule has 1 aliphatic rings. The van der Waals surface area contributed by atoms with Crippen LogP contribution < -0.4 is 16.4 Å². The van der Waals surface area contributed by atoms with E-state index in [1.165, 1.54) is 38.0 Å². The lowest BCUT2D eigenvalue weighted by Gasteiger charge is -2.28. The van der Waals surface area contributed by atoms with Crippen molar-refractivity contribution in [1.82, 2.24) is 14.6 Å². The second-order valence-electron chi connectivity index (χ2n) is 13.6. The summed E-state index contributed by atoms with van der Waals surface area (Å²) in [6, 6.07) is 20.0. The molecule has 2 aromatic heterocycles. The number of rotatable bonds is 11. The summed E-state index contributed by atoms with van der Waals surface area (Å²) in [6.07, 6.45) is 19.6. The van der Waals surface area contributed by atoms with Gasteiger partial charge >= 0.3 is 0 Å². The molecular formula is C46H50N8O. The van der Waals surface area contributed by atoms with Gasteiger partial charge in [-0.3, -0.25) is 9.98 Å². The Morgan fingerprint density at radius 1 is 0.945 bits per heavy atom. The highest BCUT2D eigenvalue weighted by atomic mass is 16.3. The fourth-order valence-electron chi connectivity index (χ4n) is 6.84. The monoisotopic (exact) mass is 730 g/mol. The minimum Gasteiger partial charge on any atom is -0.390 e.